The zero-order valence-corrected chi connectivity index (χ0v) is 11.6. The molecular formula is C15H21NO3. The van der Waals surface area contributed by atoms with Crippen molar-refractivity contribution in [1.29, 1.82) is 0 Å². The van der Waals surface area contributed by atoms with Crippen molar-refractivity contribution in [2.75, 3.05) is 20.3 Å². The average Bonchev–Trinajstić information content (AvgIpc) is 2.74. The quantitative estimate of drug-likeness (QED) is 0.840. The number of hydrogen-bond acceptors (Lipinski definition) is 4. The van der Waals surface area contributed by atoms with Crippen molar-refractivity contribution in [3.63, 3.8) is 0 Å². The summed E-state index contributed by atoms with van der Waals surface area (Å²) >= 11 is 0. The van der Waals surface area contributed by atoms with Crippen molar-refractivity contribution in [2.24, 2.45) is 0 Å². The van der Waals surface area contributed by atoms with Crippen LogP contribution in [0.4, 0.5) is 0 Å². The summed E-state index contributed by atoms with van der Waals surface area (Å²) in [6.07, 6.45) is -0.503. The number of furan rings is 1. The van der Waals surface area contributed by atoms with Crippen LogP contribution in [0.3, 0.4) is 0 Å². The molecule has 0 aliphatic rings. The first-order valence-electron chi connectivity index (χ1n) is 6.52. The topological polar surface area (TPSA) is 54.6 Å². The van der Waals surface area contributed by atoms with Gasteiger partial charge in [-0.05, 0) is 25.5 Å². The fourth-order valence-electron chi connectivity index (χ4n) is 2.26. The summed E-state index contributed by atoms with van der Waals surface area (Å²) in [6, 6.07) is 8.06. The Morgan fingerprint density at radius 1 is 1.37 bits per heavy atom. The Labute approximate surface area is 113 Å². The Morgan fingerprint density at radius 3 is 2.79 bits per heavy atom. The van der Waals surface area contributed by atoms with Crippen LogP contribution in [-0.2, 0) is 4.74 Å². The van der Waals surface area contributed by atoms with Gasteiger partial charge in [0.25, 0.3) is 0 Å². The van der Waals surface area contributed by atoms with Gasteiger partial charge in [-0.3, -0.25) is 0 Å². The maximum absolute atomic E-state index is 9.64. The van der Waals surface area contributed by atoms with Gasteiger partial charge in [0.2, 0.25) is 0 Å². The van der Waals surface area contributed by atoms with Gasteiger partial charge in [0.15, 0.2) is 0 Å². The van der Waals surface area contributed by atoms with Crippen molar-refractivity contribution in [3.8, 4) is 0 Å². The van der Waals surface area contributed by atoms with Gasteiger partial charge in [-0.15, -0.1) is 0 Å². The van der Waals surface area contributed by atoms with Crippen molar-refractivity contribution in [3.05, 3.63) is 35.6 Å². The lowest BCUT2D eigenvalue weighted by Crippen LogP contribution is -2.31. The molecule has 1 aromatic heterocycles. The fourth-order valence-corrected chi connectivity index (χ4v) is 2.26. The summed E-state index contributed by atoms with van der Waals surface area (Å²) < 4.78 is 10.8. The first-order chi connectivity index (χ1) is 9.13. The van der Waals surface area contributed by atoms with Crippen LogP contribution in [0.5, 0.6) is 0 Å². The van der Waals surface area contributed by atoms with Gasteiger partial charge in [-0.25, -0.2) is 0 Å². The van der Waals surface area contributed by atoms with Crippen LogP contribution < -0.4 is 5.32 Å². The molecule has 2 atom stereocenters. The second-order valence-electron chi connectivity index (χ2n) is 4.83. The van der Waals surface area contributed by atoms with E-state index in [0.29, 0.717) is 13.2 Å². The maximum atomic E-state index is 9.64. The Kier molecular flexibility index (Phi) is 4.58. The molecule has 1 heterocycles. The second-order valence-corrected chi connectivity index (χ2v) is 4.83. The number of ether oxygens (including phenoxy) is 1. The minimum absolute atomic E-state index is 0.0545. The standard InChI is InChI=1S/C15H21NO3/c1-10-13-6-4-5-7-14(13)19-15(10)11(2)16-8-12(17)9-18-3/h4-7,11-12,16-17H,8-9H2,1-3H3/t11?,12-/m0/s1. The zero-order valence-electron chi connectivity index (χ0n) is 11.6. The summed E-state index contributed by atoms with van der Waals surface area (Å²) in [5.74, 6) is 0.922. The number of aliphatic hydroxyl groups excluding tert-OH is 1. The number of methoxy groups -OCH3 is 1. The Morgan fingerprint density at radius 2 is 2.11 bits per heavy atom. The first-order valence-corrected chi connectivity index (χ1v) is 6.52. The van der Waals surface area contributed by atoms with Crippen LogP contribution in [0, 0.1) is 6.92 Å². The van der Waals surface area contributed by atoms with E-state index in [1.165, 1.54) is 0 Å². The molecular weight excluding hydrogens is 242 g/mol. The fraction of sp³-hybridized carbons (Fsp3) is 0.467. The van der Waals surface area contributed by atoms with E-state index in [1.54, 1.807) is 7.11 Å². The highest BCUT2D eigenvalue weighted by atomic mass is 16.5. The zero-order chi connectivity index (χ0) is 13.8. The highest BCUT2D eigenvalue weighted by Crippen LogP contribution is 2.28. The van der Waals surface area contributed by atoms with Crippen LogP contribution in [-0.4, -0.2) is 31.5 Å². The van der Waals surface area contributed by atoms with Crippen LogP contribution in [0.25, 0.3) is 11.0 Å². The minimum Gasteiger partial charge on any atom is -0.459 e. The smallest absolute Gasteiger partial charge is 0.134 e. The molecule has 0 aliphatic carbocycles. The van der Waals surface area contributed by atoms with Gasteiger partial charge < -0.3 is 19.6 Å². The van der Waals surface area contributed by atoms with Crippen molar-refractivity contribution >= 4 is 11.0 Å². The third-order valence-corrected chi connectivity index (χ3v) is 3.29. The summed E-state index contributed by atoms with van der Waals surface area (Å²) in [4.78, 5) is 0. The third-order valence-electron chi connectivity index (χ3n) is 3.29. The number of aryl methyl sites for hydroxylation is 1. The van der Waals surface area contributed by atoms with Crippen LogP contribution in [0.1, 0.15) is 24.3 Å². The molecule has 0 bridgehead atoms. The number of aliphatic hydroxyl groups is 1. The van der Waals surface area contributed by atoms with Gasteiger partial charge >= 0.3 is 0 Å². The Bertz CT molecular complexity index is 535. The van der Waals surface area contributed by atoms with Crippen LogP contribution in [0.15, 0.2) is 28.7 Å². The van der Waals surface area contributed by atoms with E-state index in [0.717, 1.165) is 22.3 Å². The normalized spacial score (nSPS) is 14.7. The highest BCUT2D eigenvalue weighted by Gasteiger charge is 2.16. The predicted molar refractivity (Wildman–Crippen MR) is 75.3 cm³/mol. The van der Waals surface area contributed by atoms with E-state index >= 15 is 0 Å². The number of nitrogens with one attached hydrogen (secondary N) is 1. The molecule has 104 valence electrons. The van der Waals surface area contributed by atoms with Crippen molar-refractivity contribution in [2.45, 2.75) is 26.0 Å². The van der Waals surface area contributed by atoms with E-state index in [2.05, 4.69) is 18.3 Å². The molecule has 2 rings (SSSR count). The molecule has 0 amide bonds. The molecule has 4 heteroatoms. The largest absolute Gasteiger partial charge is 0.459 e. The van der Waals surface area contributed by atoms with Crippen LogP contribution in [0.2, 0.25) is 0 Å². The lowest BCUT2D eigenvalue weighted by atomic mass is 10.1. The predicted octanol–water partition coefficient (Wildman–Crippen LogP) is 2.40. The lowest BCUT2D eigenvalue weighted by Gasteiger charge is -2.15. The summed E-state index contributed by atoms with van der Waals surface area (Å²) in [6.45, 7) is 4.90. The SMILES string of the molecule is COC[C@@H](O)CNC(C)c1oc2ccccc2c1C. The molecule has 2 N–H and O–H groups in total. The molecule has 0 aliphatic heterocycles. The number of benzene rings is 1. The van der Waals surface area contributed by atoms with E-state index in [4.69, 9.17) is 9.15 Å². The Balaban J connectivity index is 2.09. The van der Waals surface area contributed by atoms with E-state index in [1.807, 2.05) is 25.1 Å². The lowest BCUT2D eigenvalue weighted by molar-refractivity contribution is 0.0626. The molecule has 19 heavy (non-hydrogen) atoms. The minimum atomic E-state index is -0.503. The first kappa shape index (κ1) is 14.1. The molecule has 1 aromatic carbocycles. The molecule has 0 saturated carbocycles. The molecule has 0 saturated heterocycles. The van der Waals surface area contributed by atoms with Crippen molar-refractivity contribution in [1.82, 2.24) is 5.32 Å². The number of rotatable bonds is 6. The monoisotopic (exact) mass is 263 g/mol. The van der Waals surface area contributed by atoms with Crippen LogP contribution >= 0.6 is 0 Å². The highest BCUT2D eigenvalue weighted by molar-refractivity contribution is 5.82. The van der Waals surface area contributed by atoms with Gasteiger partial charge in [0.1, 0.15) is 11.3 Å². The summed E-state index contributed by atoms with van der Waals surface area (Å²) in [7, 11) is 1.58. The number of para-hydroxylation sites is 1. The van der Waals surface area contributed by atoms with E-state index in [-0.39, 0.29) is 6.04 Å². The van der Waals surface area contributed by atoms with Gasteiger partial charge in [0.05, 0.1) is 18.8 Å². The van der Waals surface area contributed by atoms with Crippen molar-refractivity contribution < 1.29 is 14.3 Å². The van der Waals surface area contributed by atoms with E-state index in [9.17, 15) is 5.11 Å². The second kappa shape index (κ2) is 6.19. The summed E-state index contributed by atoms with van der Waals surface area (Å²) in [5, 5.41) is 14.0. The molecule has 1 unspecified atom stereocenters. The van der Waals surface area contributed by atoms with Gasteiger partial charge in [-0.2, -0.15) is 0 Å². The number of hydrogen-bond donors (Lipinski definition) is 2. The van der Waals surface area contributed by atoms with E-state index < -0.39 is 6.10 Å². The van der Waals surface area contributed by atoms with Gasteiger partial charge in [-0.1, -0.05) is 18.2 Å². The molecule has 4 nitrogen and oxygen atoms in total. The number of fused-ring (bicyclic) bond motifs is 1. The molecule has 0 radical (unpaired) electrons. The molecule has 2 aromatic rings. The molecule has 0 fully saturated rings. The molecule has 0 spiro atoms. The average molecular weight is 263 g/mol. The van der Waals surface area contributed by atoms with Gasteiger partial charge in [0, 0.05) is 19.0 Å². The summed E-state index contributed by atoms with van der Waals surface area (Å²) in [5.41, 5.74) is 2.05. The Hall–Kier alpha value is -1.36. The maximum Gasteiger partial charge on any atom is 0.134 e. The third kappa shape index (κ3) is 3.15.